The summed E-state index contributed by atoms with van der Waals surface area (Å²) in [5.41, 5.74) is 1.02. The molecular weight excluding hydrogens is 276 g/mol. The molecule has 1 aromatic heterocycles. The highest BCUT2D eigenvalue weighted by atomic mass is 35.5. The zero-order valence-electron chi connectivity index (χ0n) is 12.1. The minimum absolute atomic E-state index is 0.535. The van der Waals surface area contributed by atoms with E-state index in [2.05, 4.69) is 29.2 Å². The van der Waals surface area contributed by atoms with E-state index in [4.69, 9.17) is 11.6 Å². The van der Waals surface area contributed by atoms with Crippen LogP contribution in [-0.2, 0) is 12.3 Å². The zero-order valence-corrected chi connectivity index (χ0v) is 13.6. The molecule has 0 saturated heterocycles. The van der Waals surface area contributed by atoms with Gasteiger partial charge in [0.25, 0.3) is 0 Å². The first kappa shape index (κ1) is 15.3. The molecule has 0 N–H and O–H groups in total. The molecule has 1 heterocycles. The van der Waals surface area contributed by atoms with Crippen molar-refractivity contribution in [1.29, 1.82) is 0 Å². The van der Waals surface area contributed by atoms with Gasteiger partial charge in [-0.25, -0.2) is 4.98 Å². The fourth-order valence-electron chi connectivity index (χ4n) is 2.97. The van der Waals surface area contributed by atoms with Crippen LogP contribution in [-0.4, -0.2) is 29.5 Å². The number of likely N-dealkylation sites (N-methyl/N-ethyl adjacent to an activating group) is 1. The van der Waals surface area contributed by atoms with Gasteiger partial charge >= 0.3 is 0 Å². The molecule has 1 aliphatic carbocycles. The first-order chi connectivity index (χ1) is 9.22. The Morgan fingerprint density at radius 3 is 2.68 bits per heavy atom. The summed E-state index contributed by atoms with van der Waals surface area (Å²) in [4.78, 5) is 7.07. The topological polar surface area (TPSA) is 16.1 Å². The normalized spacial score (nSPS) is 24.0. The maximum absolute atomic E-state index is 5.79. The predicted octanol–water partition coefficient (Wildman–Crippen LogP) is 4.33. The number of rotatable bonds is 6. The van der Waals surface area contributed by atoms with Crippen LogP contribution in [0.1, 0.15) is 49.7 Å². The molecule has 4 heteroatoms. The number of hydrogen-bond acceptors (Lipinski definition) is 3. The molecule has 2 nitrogen and oxygen atoms in total. The van der Waals surface area contributed by atoms with E-state index >= 15 is 0 Å². The predicted molar refractivity (Wildman–Crippen MR) is 84.0 cm³/mol. The van der Waals surface area contributed by atoms with E-state index in [1.165, 1.54) is 37.1 Å². The molecule has 2 rings (SSSR count). The highest BCUT2D eigenvalue weighted by Crippen LogP contribution is 2.29. The van der Waals surface area contributed by atoms with E-state index in [0.29, 0.717) is 5.88 Å². The van der Waals surface area contributed by atoms with Crippen LogP contribution in [0.4, 0.5) is 0 Å². The fourth-order valence-corrected chi connectivity index (χ4v) is 3.99. The monoisotopic (exact) mass is 300 g/mol. The molecule has 0 aliphatic heterocycles. The summed E-state index contributed by atoms with van der Waals surface area (Å²) in [6.45, 7) is 3.45. The van der Waals surface area contributed by atoms with Crippen LogP contribution < -0.4 is 0 Å². The summed E-state index contributed by atoms with van der Waals surface area (Å²) in [6, 6.07) is 0.787. The molecule has 0 unspecified atom stereocenters. The van der Waals surface area contributed by atoms with Crippen molar-refractivity contribution in [3.05, 3.63) is 16.1 Å². The third kappa shape index (κ3) is 4.44. The Labute approximate surface area is 126 Å². The molecule has 1 aliphatic rings. The van der Waals surface area contributed by atoms with Crippen LogP contribution in [0.3, 0.4) is 0 Å². The van der Waals surface area contributed by atoms with E-state index in [9.17, 15) is 0 Å². The van der Waals surface area contributed by atoms with Crippen molar-refractivity contribution < 1.29 is 0 Å². The highest BCUT2D eigenvalue weighted by molar-refractivity contribution is 7.09. The van der Waals surface area contributed by atoms with Crippen LogP contribution >= 0.6 is 22.9 Å². The van der Waals surface area contributed by atoms with Crippen LogP contribution in [0, 0.1) is 5.92 Å². The Balaban J connectivity index is 1.73. The molecule has 1 fully saturated rings. The van der Waals surface area contributed by atoms with E-state index in [-0.39, 0.29) is 0 Å². The van der Waals surface area contributed by atoms with Gasteiger partial charge in [-0.3, -0.25) is 0 Å². The first-order valence-electron chi connectivity index (χ1n) is 7.42. The van der Waals surface area contributed by atoms with Gasteiger partial charge < -0.3 is 4.90 Å². The van der Waals surface area contributed by atoms with Crippen molar-refractivity contribution in [3.8, 4) is 0 Å². The second-order valence-corrected chi connectivity index (χ2v) is 6.89. The smallest absolute Gasteiger partial charge is 0.0941 e. The van der Waals surface area contributed by atoms with E-state index in [1.807, 2.05) is 0 Å². The molecule has 1 saturated carbocycles. The number of hydrogen-bond donors (Lipinski definition) is 0. The third-order valence-electron chi connectivity index (χ3n) is 4.43. The largest absolute Gasteiger partial charge is 0.303 e. The second-order valence-electron chi connectivity index (χ2n) is 5.68. The Morgan fingerprint density at radius 1 is 1.37 bits per heavy atom. The molecule has 0 aromatic carbocycles. The molecule has 0 atom stereocenters. The van der Waals surface area contributed by atoms with Crippen molar-refractivity contribution in [3.63, 3.8) is 0 Å². The summed E-state index contributed by atoms with van der Waals surface area (Å²) < 4.78 is 0. The van der Waals surface area contributed by atoms with Crippen molar-refractivity contribution in [2.45, 2.75) is 57.4 Å². The highest BCUT2D eigenvalue weighted by Gasteiger charge is 2.22. The van der Waals surface area contributed by atoms with Gasteiger partial charge in [-0.1, -0.05) is 13.3 Å². The average Bonchev–Trinajstić information content (AvgIpc) is 2.93. The number of nitrogens with zero attached hydrogens (tertiary/aromatic N) is 2. The van der Waals surface area contributed by atoms with E-state index in [1.54, 1.807) is 11.3 Å². The molecule has 0 spiro atoms. The molecule has 0 bridgehead atoms. The molecule has 108 valence electrons. The molecule has 0 amide bonds. The fraction of sp³-hybridized carbons (Fsp3) is 0.800. The standard InChI is InChI=1S/C15H25ClN2S/c1-3-12-4-6-14(7-5-12)18(2)9-8-15-17-13(10-16)11-19-15/h11-12,14H,3-10H2,1-2H3. The SMILES string of the molecule is CCC1CCC(N(C)CCc2nc(CCl)cs2)CC1. The van der Waals surface area contributed by atoms with Crippen LogP contribution in [0.15, 0.2) is 5.38 Å². The minimum Gasteiger partial charge on any atom is -0.303 e. The molecule has 19 heavy (non-hydrogen) atoms. The van der Waals surface area contributed by atoms with Crippen molar-refractivity contribution in [1.82, 2.24) is 9.88 Å². The maximum atomic E-state index is 5.79. The van der Waals surface area contributed by atoms with Gasteiger partial charge in [-0.15, -0.1) is 22.9 Å². The van der Waals surface area contributed by atoms with E-state index < -0.39 is 0 Å². The van der Waals surface area contributed by atoms with Gasteiger partial charge in [0, 0.05) is 24.4 Å². The Bertz CT molecular complexity index is 372. The molecule has 0 radical (unpaired) electrons. The minimum atomic E-state index is 0.535. The van der Waals surface area contributed by atoms with Gasteiger partial charge in [0.15, 0.2) is 0 Å². The van der Waals surface area contributed by atoms with Gasteiger partial charge in [0.1, 0.15) is 0 Å². The average molecular weight is 301 g/mol. The lowest BCUT2D eigenvalue weighted by Gasteiger charge is -2.34. The molecule has 1 aromatic rings. The zero-order chi connectivity index (χ0) is 13.7. The van der Waals surface area contributed by atoms with Crippen LogP contribution in [0.2, 0.25) is 0 Å². The number of aromatic nitrogens is 1. The lowest BCUT2D eigenvalue weighted by atomic mass is 9.84. The summed E-state index contributed by atoms with van der Waals surface area (Å²) in [7, 11) is 2.27. The number of alkyl halides is 1. The Morgan fingerprint density at radius 2 is 2.11 bits per heavy atom. The number of thiazole rings is 1. The van der Waals surface area contributed by atoms with Gasteiger partial charge in [-0.05, 0) is 38.6 Å². The second kappa shape index (κ2) is 7.61. The lowest BCUT2D eigenvalue weighted by Crippen LogP contribution is -2.36. The van der Waals surface area contributed by atoms with Crippen LogP contribution in [0.25, 0.3) is 0 Å². The van der Waals surface area contributed by atoms with Crippen molar-refractivity contribution in [2.24, 2.45) is 5.92 Å². The summed E-state index contributed by atoms with van der Waals surface area (Å²) >= 11 is 7.53. The van der Waals surface area contributed by atoms with E-state index in [0.717, 1.165) is 30.6 Å². The summed E-state index contributed by atoms with van der Waals surface area (Å²) in [6.07, 6.45) is 8.00. The Kier molecular flexibility index (Phi) is 6.11. The number of halogens is 1. The summed E-state index contributed by atoms with van der Waals surface area (Å²) in [5.74, 6) is 1.52. The third-order valence-corrected chi connectivity index (χ3v) is 5.66. The molecular formula is C15H25ClN2S. The first-order valence-corrected chi connectivity index (χ1v) is 8.83. The lowest BCUT2D eigenvalue weighted by molar-refractivity contribution is 0.165. The van der Waals surface area contributed by atoms with Crippen molar-refractivity contribution >= 4 is 22.9 Å². The van der Waals surface area contributed by atoms with Gasteiger partial charge in [0.05, 0.1) is 16.6 Å². The van der Waals surface area contributed by atoms with Gasteiger partial charge in [0.2, 0.25) is 0 Å². The van der Waals surface area contributed by atoms with Gasteiger partial charge in [-0.2, -0.15) is 0 Å². The van der Waals surface area contributed by atoms with Crippen molar-refractivity contribution in [2.75, 3.05) is 13.6 Å². The quantitative estimate of drug-likeness (QED) is 0.727. The van der Waals surface area contributed by atoms with Crippen LogP contribution in [0.5, 0.6) is 0 Å². The maximum Gasteiger partial charge on any atom is 0.0941 e. The summed E-state index contributed by atoms with van der Waals surface area (Å²) in [5, 5.41) is 3.30. The Hall–Kier alpha value is -0.120.